The van der Waals surface area contributed by atoms with E-state index in [9.17, 15) is 19.2 Å². The van der Waals surface area contributed by atoms with Crippen molar-refractivity contribution in [2.75, 3.05) is 31.6 Å². The van der Waals surface area contributed by atoms with Gasteiger partial charge < -0.3 is 9.64 Å². The van der Waals surface area contributed by atoms with Crippen molar-refractivity contribution in [3.63, 3.8) is 0 Å². The van der Waals surface area contributed by atoms with Crippen LogP contribution in [-0.2, 0) is 14.3 Å². The van der Waals surface area contributed by atoms with Crippen molar-refractivity contribution < 1.29 is 23.9 Å². The van der Waals surface area contributed by atoms with Gasteiger partial charge in [0.25, 0.3) is 11.8 Å². The van der Waals surface area contributed by atoms with E-state index in [1.165, 1.54) is 12.8 Å². The van der Waals surface area contributed by atoms with Gasteiger partial charge in [-0.3, -0.25) is 34.3 Å². The van der Waals surface area contributed by atoms with Crippen LogP contribution in [0.5, 0.6) is 0 Å². The van der Waals surface area contributed by atoms with E-state index in [0.29, 0.717) is 29.3 Å². The first kappa shape index (κ1) is 23.0. The predicted molar refractivity (Wildman–Crippen MR) is 125 cm³/mol. The fourth-order valence-electron chi connectivity index (χ4n) is 5.92. The van der Waals surface area contributed by atoms with Crippen LogP contribution < -0.4 is 10.2 Å². The number of carbonyl (C=O) groups is 4. The number of rotatable bonds is 6. The van der Waals surface area contributed by atoms with E-state index in [1.54, 1.807) is 12.1 Å². The summed E-state index contributed by atoms with van der Waals surface area (Å²) in [6.07, 6.45) is 5.18. The lowest BCUT2D eigenvalue weighted by Crippen LogP contribution is -2.62. The van der Waals surface area contributed by atoms with E-state index >= 15 is 0 Å². The zero-order chi connectivity index (χ0) is 24.0. The molecule has 0 aromatic heterocycles. The molecule has 9 nitrogen and oxygen atoms in total. The number of nitrogens with zero attached hydrogens (tertiary/aromatic N) is 3. The highest BCUT2D eigenvalue weighted by atomic mass is 16.5. The molecule has 5 rings (SSSR count). The van der Waals surface area contributed by atoms with Crippen LogP contribution in [0.3, 0.4) is 0 Å². The molecule has 0 spiro atoms. The summed E-state index contributed by atoms with van der Waals surface area (Å²) in [5, 5.41) is 2.24. The van der Waals surface area contributed by atoms with E-state index < -0.39 is 23.8 Å². The van der Waals surface area contributed by atoms with E-state index in [2.05, 4.69) is 22.2 Å². The zero-order valence-electron chi connectivity index (χ0n) is 19.8. The molecule has 3 fully saturated rings. The first-order chi connectivity index (χ1) is 16.4. The summed E-state index contributed by atoms with van der Waals surface area (Å²) < 4.78 is 5.75. The predicted octanol–water partition coefficient (Wildman–Crippen LogP) is 1.56. The number of anilines is 1. The van der Waals surface area contributed by atoms with Gasteiger partial charge in [-0.25, -0.2) is 0 Å². The van der Waals surface area contributed by atoms with Crippen molar-refractivity contribution in [3.8, 4) is 0 Å². The summed E-state index contributed by atoms with van der Waals surface area (Å²) >= 11 is 0. The third-order valence-electron chi connectivity index (χ3n) is 7.77. The maximum atomic E-state index is 13.2. The number of nitrogens with one attached hydrogen (secondary N) is 1. The van der Waals surface area contributed by atoms with Crippen LogP contribution >= 0.6 is 0 Å². The first-order valence-electron chi connectivity index (χ1n) is 12.3. The Hall–Kier alpha value is -2.78. The van der Waals surface area contributed by atoms with Crippen LogP contribution in [0, 0.1) is 0 Å². The van der Waals surface area contributed by atoms with Gasteiger partial charge in [-0.05, 0) is 44.4 Å². The van der Waals surface area contributed by atoms with Crippen molar-refractivity contribution in [3.05, 3.63) is 29.3 Å². The van der Waals surface area contributed by atoms with Gasteiger partial charge in [0.2, 0.25) is 11.8 Å². The highest BCUT2D eigenvalue weighted by molar-refractivity contribution is 6.23. The third kappa shape index (κ3) is 3.90. The number of carbonyl (C=O) groups excluding carboxylic acids is 4. The minimum Gasteiger partial charge on any atom is -0.376 e. The molecule has 4 amide bonds. The van der Waals surface area contributed by atoms with Gasteiger partial charge >= 0.3 is 0 Å². The lowest BCUT2D eigenvalue weighted by Gasteiger charge is -2.50. The molecule has 182 valence electrons. The molecule has 3 heterocycles. The Bertz CT molecular complexity index is 1020. The van der Waals surface area contributed by atoms with Gasteiger partial charge in [0.05, 0.1) is 17.2 Å². The number of ether oxygens (including phenoxy) is 1. The third-order valence-corrected chi connectivity index (χ3v) is 7.77. The van der Waals surface area contributed by atoms with Crippen LogP contribution in [-0.4, -0.2) is 84.4 Å². The van der Waals surface area contributed by atoms with Crippen molar-refractivity contribution in [2.24, 2.45) is 0 Å². The molecule has 4 aliphatic rings. The molecular weight excluding hydrogens is 436 g/mol. The minimum atomic E-state index is -0.946. The topological polar surface area (TPSA) is 99.3 Å². The second-order valence-corrected chi connectivity index (χ2v) is 9.74. The molecule has 1 saturated carbocycles. The van der Waals surface area contributed by atoms with E-state index in [-0.39, 0.29) is 18.7 Å². The van der Waals surface area contributed by atoms with Crippen LogP contribution in [0.1, 0.15) is 66.2 Å². The average molecular weight is 469 g/mol. The van der Waals surface area contributed by atoms with Gasteiger partial charge in [0, 0.05) is 50.9 Å². The molecule has 1 aliphatic carbocycles. The number of hydrogen-bond donors (Lipinski definition) is 1. The van der Waals surface area contributed by atoms with Crippen molar-refractivity contribution >= 4 is 29.3 Å². The lowest BCUT2D eigenvalue weighted by atomic mass is 9.86. The quantitative estimate of drug-likeness (QED) is 0.633. The molecule has 2 saturated heterocycles. The largest absolute Gasteiger partial charge is 0.376 e. The summed E-state index contributed by atoms with van der Waals surface area (Å²) in [6, 6.07) is 5.17. The van der Waals surface area contributed by atoms with E-state index in [4.69, 9.17) is 4.74 Å². The molecular formula is C25H32N4O5. The maximum Gasteiger partial charge on any atom is 0.262 e. The van der Waals surface area contributed by atoms with Crippen LogP contribution in [0.4, 0.5) is 5.69 Å². The monoisotopic (exact) mass is 468 g/mol. The standard InChI is InChI=1S/C25H32N4O5/c1-3-34-16-13-28(14-16)20-7-5-4-6-19(20)27(2)15-8-9-17-18(12-15)25(33)29(24(17)32)21-10-11-22(30)26-23(21)31/h8-9,12,16,19-21H,3-7,10-11,13-14H2,1-2H3,(H,26,30,31)/t19-,20-,21?/m0/s1. The lowest BCUT2D eigenvalue weighted by molar-refractivity contribution is -0.136. The highest BCUT2D eigenvalue weighted by Gasteiger charge is 2.45. The van der Waals surface area contributed by atoms with Gasteiger partial charge in [-0.2, -0.15) is 0 Å². The number of fused-ring (bicyclic) bond motifs is 1. The van der Waals surface area contributed by atoms with Crippen LogP contribution in [0.25, 0.3) is 0 Å². The summed E-state index contributed by atoms with van der Waals surface area (Å²) in [6.45, 7) is 4.69. The maximum absolute atomic E-state index is 13.2. The summed E-state index contributed by atoms with van der Waals surface area (Å²) in [4.78, 5) is 55.8. The molecule has 1 aromatic rings. The Morgan fingerprint density at radius 3 is 2.50 bits per heavy atom. The fourth-order valence-corrected chi connectivity index (χ4v) is 5.92. The molecule has 3 aliphatic heterocycles. The second kappa shape index (κ2) is 9.11. The number of amides is 4. The van der Waals surface area contributed by atoms with Crippen molar-refractivity contribution in [2.45, 2.75) is 69.7 Å². The number of benzene rings is 1. The molecule has 1 unspecified atom stereocenters. The van der Waals surface area contributed by atoms with Gasteiger partial charge in [-0.15, -0.1) is 0 Å². The first-order valence-corrected chi connectivity index (χ1v) is 12.3. The normalized spacial score (nSPS) is 28.1. The van der Waals surface area contributed by atoms with Gasteiger partial charge in [0.15, 0.2) is 0 Å². The second-order valence-electron chi connectivity index (χ2n) is 9.74. The molecule has 1 N–H and O–H groups in total. The Balaban J connectivity index is 1.34. The summed E-state index contributed by atoms with van der Waals surface area (Å²) in [5.74, 6) is -1.90. The van der Waals surface area contributed by atoms with Gasteiger partial charge in [0.1, 0.15) is 6.04 Å². The Kier molecular flexibility index (Phi) is 6.16. The van der Waals surface area contributed by atoms with E-state index in [0.717, 1.165) is 43.1 Å². The molecule has 34 heavy (non-hydrogen) atoms. The van der Waals surface area contributed by atoms with Gasteiger partial charge in [-0.1, -0.05) is 12.8 Å². The molecule has 1 aromatic carbocycles. The summed E-state index contributed by atoms with van der Waals surface area (Å²) in [7, 11) is 2.06. The Labute approximate surface area is 199 Å². The summed E-state index contributed by atoms with van der Waals surface area (Å²) in [5.41, 5.74) is 1.53. The van der Waals surface area contributed by atoms with Crippen molar-refractivity contribution in [1.29, 1.82) is 0 Å². The van der Waals surface area contributed by atoms with Crippen LogP contribution in [0.2, 0.25) is 0 Å². The molecule has 9 heteroatoms. The number of piperidine rings is 1. The molecule has 3 atom stereocenters. The zero-order valence-corrected chi connectivity index (χ0v) is 19.8. The number of likely N-dealkylation sites (N-methyl/N-ethyl adjacent to an activating group) is 1. The SMILES string of the molecule is CCOC1CN([C@H]2CCCC[C@@H]2N(C)c2ccc3c(c2)C(=O)N(C2CCC(=O)NC2=O)C3=O)C1. The van der Waals surface area contributed by atoms with Crippen LogP contribution in [0.15, 0.2) is 18.2 Å². The molecule has 0 radical (unpaired) electrons. The average Bonchev–Trinajstić information content (AvgIpc) is 3.05. The number of likely N-dealkylation sites (tertiary alicyclic amines) is 1. The Morgan fingerprint density at radius 1 is 1.03 bits per heavy atom. The number of imide groups is 2. The fraction of sp³-hybridized carbons (Fsp3) is 0.600. The van der Waals surface area contributed by atoms with E-state index in [1.807, 2.05) is 13.0 Å². The highest BCUT2D eigenvalue weighted by Crippen LogP contribution is 2.35. The Morgan fingerprint density at radius 2 is 1.76 bits per heavy atom. The van der Waals surface area contributed by atoms with Crippen molar-refractivity contribution in [1.82, 2.24) is 15.1 Å². The number of hydrogen-bond acceptors (Lipinski definition) is 7. The molecule has 0 bridgehead atoms. The smallest absolute Gasteiger partial charge is 0.262 e. The minimum absolute atomic E-state index is 0.113.